The molecule has 1 atom stereocenters. The van der Waals surface area contributed by atoms with Gasteiger partial charge in [0, 0.05) is 11.5 Å². The van der Waals surface area contributed by atoms with Crippen molar-refractivity contribution in [1.29, 1.82) is 0 Å². The number of likely N-dealkylation sites (N-methyl/N-ethyl adjacent to an activating group) is 1. The van der Waals surface area contributed by atoms with Crippen molar-refractivity contribution in [3.05, 3.63) is 22.2 Å². The lowest BCUT2D eigenvalue weighted by atomic mass is 10.0. The molecule has 0 N–H and O–H groups in total. The van der Waals surface area contributed by atoms with Crippen molar-refractivity contribution in [2.24, 2.45) is 5.10 Å². The number of halogens is 1. The molecule has 1 aliphatic heterocycles. The SMILES string of the molecule is CN1N=CC2=CC(Br)=CCC21. The van der Waals surface area contributed by atoms with E-state index < -0.39 is 0 Å². The van der Waals surface area contributed by atoms with Crippen LogP contribution in [0.3, 0.4) is 0 Å². The van der Waals surface area contributed by atoms with Crippen molar-refractivity contribution in [3.8, 4) is 0 Å². The van der Waals surface area contributed by atoms with E-state index in [4.69, 9.17) is 0 Å². The van der Waals surface area contributed by atoms with Gasteiger partial charge in [-0.3, -0.25) is 5.01 Å². The maximum atomic E-state index is 4.20. The highest BCUT2D eigenvalue weighted by molar-refractivity contribution is 9.11. The van der Waals surface area contributed by atoms with Crippen LogP contribution < -0.4 is 0 Å². The average Bonchev–Trinajstić information content (AvgIpc) is 2.32. The van der Waals surface area contributed by atoms with Gasteiger partial charge in [-0.15, -0.1) is 0 Å². The molecule has 0 bridgehead atoms. The largest absolute Gasteiger partial charge is 0.292 e. The molecule has 11 heavy (non-hydrogen) atoms. The molecule has 0 saturated heterocycles. The molecule has 0 amide bonds. The number of allylic oxidation sites excluding steroid dienone is 2. The third kappa shape index (κ3) is 1.13. The highest BCUT2D eigenvalue weighted by Gasteiger charge is 2.23. The lowest BCUT2D eigenvalue weighted by Gasteiger charge is -2.20. The monoisotopic (exact) mass is 212 g/mol. The van der Waals surface area contributed by atoms with Crippen LogP contribution in [0.5, 0.6) is 0 Å². The van der Waals surface area contributed by atoms with E-state index in [1.54, 1.807) is 0 Å². The molecule has 0 aromatic carbocycles. The van der Waals surface area contributed by atoms with Crippen molar-refractivity contribution < 1.29 is 0 Å². The maximum Gasteiger partial charge on any atom is 0.0767 e. The molecule has 0 aromatic rings. The molecule has 3 heteroatoms. The molecule has 1 aliphatic carbocycles. The van der Waals surface area contributed by atoms with Crippen LogP contribution in [0.25, 0.3) is 0 Å². The Balaban J connectivity index is 2.30. The van der Waals surface area contributed by atoms with Gasteiger partial charge >= 0.3 is 0 Å². The second kappa shape index (κ2) is 2.48. The first-order valence-electron chi connectivity index (χ1n) is 3.61. The summed E-state index contributed by atoms with van der Waals surface area (Å²) in [4.78, 5) is 0. The highest BCUT2D eigenvalue weighted by Crippen LogP contribution is 2.27. The molecule has 0 saturated carbocycles. The number of fused-ring (bicyclic) bond motifs is 1. The van der Waals surface area contributed by atoms with E-state index in [2.05, 4.69) is 33.2 Å². The Hall–Kier alpha value is -0.570. The molecule has 2 nitrogen and oxygen atoms in total. The molecule has 0 aromatic heterocycles. The summed E-state index contributed by atoms with van der Waals surface area (Å²) in [6.07, 6.45) is 7.29. The van der Waals surface area contributed by atoms with E-state index in [0.29, 0.717) is 6.04 Å². The summed E-state index contributed by atoms with van der Waals surface area (Å²) < 4.78 is 1.17. The van der Waals surface area contributed by atoms with Crippen molar-refractivity contribution in [1.82, 2.24) is 5.01 Å². The van der Waals surface area contributed by atoms with Gasteiger partial charge in [0.1, 0.15) is 0 Å². The number of rotatable bonds is 0. The van der Waals surface area contributed by atoms with Gasteiger partial charge in [-0.2, -0.15) is 5.10 Å². The Labute approximate surface area is 74.4 Å². The second-order valence-corrected chi connectivity index (χ2v) is 3.72. The molecule has 1 heterocycles. The van der Waals surface area contributed by atoms with E-state index in [0.717, 1.165) is 6.42 Å². The number of hydrogen-bond donors (Lipinski definition) is 0. The first-order valence-corrected chi connectivity index (χ1v) is 4.41. The first kappa shape index (κ1) is 7.10. The fraction of sp³-hybridized carbons (Fsp3) is 0.375. The molecule has 2 rings (SSSR count). The van der Waals surface area contributed by atoms with E-state index >= 15 is 0 Å². The predicted molar refractivity (Wildman–Crippen MR) is 49.8 cm³/mol. The predicted octanol–water partition coefficient (Wildman–Crippen LogP) is 1.90. The summed E-state index contributed by atoms with van der Waals surface area (Å²) >= 11 is 3.45. The Morgan fingerprint density at radius 3 is 3.36 bits per heavy atom. The van der Waals surface area contributed by atoms with Crippen molar-refractivity contribution in [3.63, 3.8) is 0 Å². The summed E-state index contributed by atoms with van der Waals surface area (Å²) in [5.74, 6) is 0. The molecule has 1 unspecified atom stereocenters. The zero-order chi connectivity index (χ0) is 7.84. The van der Waals surface area contributed by atoms with Crippen LogP contribution >= 0.6 is 15.9 Å². The maximum absolute atomic E-state index is 4.20. The van der Waals surface area contributed by atoms with Crippen LogP contribution in [0.2, 0.25) is 0 Å². The van der Waals surface area contributed by atoms with Gasteiger partial charge in [-0.05, 0) is 18.1 Å². The number of nitrogens with zero attached hydrogens (tertiary/aromatic N) is 2. The van der Waals surface area contributed by atoms with Crippen LogP contribution in [-0.2, 0) is 0 Å². The van der Waals surface area contributed by atoms with E-state index in [-0.39, 0.29) is 0 Å². The highest BCUT2D eigenvalue weighted by atomic mass is 79.9. The summed E-state index contributed by atoms with van der Waals surface area (Å²) in [5.41, 5.74) is 1.31. The Bertz CT molecular complexity index is 265. The first-order chi connectivity index (χ1) is 5.27. The quantitative estimate of drug-likeness (QED) is 0.600. The second-order valence-electron chi connectivity index (χ2n) is 2.80. The Morgan fingerprint density at radius 2 is 2.55 bits per heavy atom. The Kier molecular flexibility index (Phi) is 1.60. The molecule has 0 radical (unpaired) electrons. The minimum atomic E-state index is 0.483. The van der Waals surface area contributed by atoms with Crippen LogP contribution in [0.4, 0.5) is 0 Å². The van der Waals surface area contributed by atoms with Crippen molar-refractivity contribution in [2.75, 3.05) is 7.05 Å². The van der Waals surface area contributed by atoms with Crippen molar-refractivity contribution in [2.45, 2.75) is 12.5 Å². The average molecular weight is 213 g/mol. The van der Waals surface area contributed by atoms with Crippen LogP contribution in [0.15, 0.2) is 27.3 Å². The van der Waals surface area contributed by atoms with Gasteiger partial charge in [0.15, 0.2) is 0 Å². The standard InChI is InChI=1S/C8H9BrN2/c1-11-8-3-2-7(9)4-6(8)5-10-11/h2,4-5,8H,3H2,1H3. The Morgan fingerprint density at radius 1 is 1.73 bits per heavy atom. The molecule has 2 aliphatic rings. The van der Waals surface area contributed by atoms with Crippen molar-refractivity contribution >= 4 is 22.1 Å². The molecule has 0 fully saturated rings. The van der Waals surface area contributed by atoms with Gasteiger partial charge in [-0.1, -0.05) is 22.0 Å². The van der Waals surface area contributed by atoms with E-state index in [1.165, 1.54) is 10.1 Å². The molecule has 58 valence electrons. The van der Waals surface area contributed by atoms with Gasteiger partial charge in [-0.25, -0.2) is 0 Å². The normalized spacial score (nSPS) is 28.2. The molecule has 0 spiro atoms. The summed E-state index contributed by atoms with van der Waals surface area (Å²) in [5, 5.41) is 6.20. The minimum absolute atomic E-state index is 0.483. The third-order valence-corrected chi connectivity index (χ3v) is 2.62. The fourth-order valence-corrected chi connectivity index (χ4v) is 1.86. The smallest absolute Gasteiger partial charge is 0.0767 e. The zero-order valence-corrected chi connectivity index (χ0v) is 7.87. The molecular formula is C8H9BrN2. The van der Waals surface area contributed by atoms with Gasteiger partial charge in [0.25, 0.3) is 0 Å². The fourth-order valence-electron chi connectivity index (χ4n) is 1.40. The topological polar surface area (TPSA) is 15.6 Å². The number of hydrazone groups is 1. The minimum Gasteiger partial charge on any atom is -0.292 e. The van der Waals surface area contributed by atoms with Gasteiger partial charge in [0.2, 0.25) is 0 Å². The third-order valence-electron chi connectivity index (χ3n) is 2.07. The van der Waals surface area contributed by atoms with Gasteiger partial charge < -0.3 is 0 Å². The summed E-state index contributed by atoms with van der Waals surface area (Å²) in [7, 11) is 2.01. The molecular weight excluding hydrogens is 204 g/mol. The number of hydrogen-bond acceptors (Lipinski definition) is 2. The summed E-state index contributed by atoms with van der Waals surface area (Å²) in [6.45, 7) is 0. The van der Waals surface area contributed by atoms with Crippen LogP contribution in [0.1, 0.15) is 6.42 Å². The van der Waals surface area contributed by atoms with E-state index in [1.807, 2.05) is 18.3 Å². The van der Waals surface area contributed by atoms with Crippen LogP contribution in [-0.4, -0.2) is 24.3 Å². The van der Waals surface area contributed by atoms with Crippen LogP contribution in [0, 0.1) is 0 Å². The summed E-state index contributed by atoms with van der Waals surface area (Å²) in [6, 6.07) is 0.483. The lowest BCUT2D eigenvalue weighted by molar-refractivity contribution is 0.310. The van der Waals surface area contributed by atoms with E-state index in [9.17, 15) is 0 Å². The zero-order valence-electron chi connectivity index (χ0n) is 6.29. The lowest BCUT2D eigenvalue weighted by Crippen LogP contribution is -2.24. The van der Waals surface area contributed by atoms with Gasteiger partial charge in [0.05, 0.1) is 12.3 Å².